The van der Waals surface area contributed by atoms with E-state index >= 15 is 0 Å². The maximum absolute atomic E-state index is 12.1. The molecule has 0 aliphatic rings. The van der Waals surface area contributed by atoms with Gasteiger partial charge in [0.25, 0.3) is 0 Å². The normalized spacial score (nSPS) is 10.7. The van der Waals surface area contributed by atoms with Crippen LogP contribution in [0.2, 0.25) is 0 Å². The molecule has 6 nitrogen and oxygen atoms in total. The van der Waals surface area contributed by atoms with Gasteiger partial charge >= 0.3 is 11.7 Å². The Morgan fingerprint density at radius 3 is 2.53 bits per heavy atom. The molecule has 19 heavy (non-hydrogen) atoms. The van der Waals surface area contributed by atoms with Gasteiger partial charge in [0.2, 0.25) is 0 Å². The van der Waals surface area contributed by atoms with E-state index in [9.17, 15) is 9.59 Å². The highest BCUT2D eigenvalue weighted by atomic mass is 16.2. The molecule has 2 amide bonds. The van der Waals surface area contributed by atoms with Crippen LogP contribution in [0.5, 0.6) is 0 Å². The average molecular weight is 262 g/mol. The number of imidazole rings is 1. The standard InChI is InChI=1S/C13H18N4O2/c1-15(2)12(18)14-8-9-17-11-7-5-4-6-10(11)16(3)13(17)19/h4-7H,8-9H2,1-3H3,(H,14,18). The first-order valence-electron chi connectivity index (χ1n) is 6.12. The van der Waals surface area contributed by atoms with Gasteiger partial charge in [0.15, 0.2) is 0 Å². The van der Waals surface area contributed by atoms with Gasteiger partial charge < -0.3 is 10.2 Å². The zero-order valence-electron chi connectivity index (χ0n) is 11.4. The summed E-state index contributed by atoms with van der Waals surface area (Å²) < 4.78 is 3.29. The van der Waals surface area contributed by atoms with Gasteiger partial charge in [-0.25, -0.2) is 9.59 Å². The molecule has 1 aromatic carbocycles. The number of nitrogens with one attached hydrogen (secondary N) is 1. The molecule has 0 aliphatic carbocycles. The Balaban J connectivity index is 2.20. The van der Waals surface area contributed by atoms with Gasteiger partial charge in [0.05, 0.1) is 11.0 Å². The second-order valence-corrected chi connectivity index (χ2v) is 4.61. The first-order valence-corrected chi connectivity index (χ1v) is 6.12. The third kappa shape index (κ3) is 2.47. The van der Waals surface area contributed by atoms with E-state index in [1.807, 2.05) is 24.3 Å². The van der Waals surface area contributed by atoms with Gasteiger partial charge in [-0.05, 0) is 12.1 Å². The van der Waals surface area contributed by atoms with Crippen LogP contribution in [0.25, 0.3) is 11.0 Å². The van der Waals surface area contributed by atoms with Crippen LogP contribution in [0.4, 0.5) is 4.79 Å². The summed E-state index contributed by atoms with van der Waals surface area (Å²) in [4.78, 5) is 25.0. The number of hydrogen-bond acceptors (Lipinski definition) is 2. The fourth-order valence-electron chi connectivity index (χ4n) is 2.01. The van der Waals surface area contributed by atoms with E-state index in [1.54, 1.807) is 30.3 Å². The molecule has 0 aliphatic heterocycles. The Labute approximate surface area is 111 Å². The molecule has 2 aromatic rings. The van der Waals surface area contributed by atoms with Gasteiger partial charge in [-0.3, -0.25) is 9.13 Å². The lowest BCUT2D eigenvalue weighted by atomic mass is 10.3. The van der Waals surface area contributed by atoms with Crippen molar-refractivity contribution in [1.82, 2.24) is 19.4 Å². The van der Waals surface area contributed by atoms with Gasteiger partial charge in [0, 0.05) is 34.2 Å². The number of benzene rings is 1. The number of carbonyl (C=O) groups excluding carboxylic acids is 1. The predicted molar refractivity (Wildman–Crippen MR) is 74.3 cm³/mol. The third-order valence-electron chi connectivity index (χ3n) is 3.07. The Hall–Kier alpha value is -2.24. The summed E-state index contributed by atoms with van der Waals surface area (Å²) in [7, 11) is 5.11. The van der Waals surface area contributed by atoms with Gasteiger partial charge in [-0.1, -0.05) is 12.1 Å². The van der Waals surface area contributed by atoms with Crippen LogP contribution < -0.4 is 11.0 Å². The van der Waals surface area contributed by atoms with Crippen LogP contribution in [0.3, 0.4) is 0 Å². The van der Waals surface area contributed by atoms with Crippen LogP contribution in [-0.4, -0.2) is 40.7 Å². The number of urea groups is 1. The molecule has 0 atom stereocenters. The molecule has 1 N–H and O–H groups in total. The Kier molecular flexibility index (Phi) is 3.59. The number of hydrogen-bond donors (Lipinski definition) is 1. The Bertz CT molecular complexity index is 654. The second-order valence-electron chi connectivity index (χ2n) is 4.61. The number of aromatic nitrogens is 2. The first kappa shape index (κ1) is 13.2. The SMILES string of the molecule is CN(C)C(=O)NCCn1c(=O)n(C)c2ccccc21. The zero-order chi connectivity index (χ0) is 14.0. The third-order valence-corrected chi connectivity index (χ3v) is 3.07. The second kappa shape index (κ2) is 5.17. The Morgan fingerprint density at radius 1 is 1.26 bits per heavy atom. The predicted octanol–water partition coefficient (Wildman–Crippen LogP) is 0.611. The molecule has 2 rings (SSSR count). The zero-order valence-corrected chi connectivity index (χ0v) is 11.4. The number of rotatable bonds is 3. The molecule has 0 bridgehead atoms. The molecular formula is C13H18N4O2. The number of amides is 2. The van der Waals surface area contributed by atoms with E-state index in [-0.39, 0.29) is 11.7 Å². The average Bonchev–Trinajstić information content (AvgIpc) is 2.64. The van der Waals surface area contributed by atoms with Crippen molar-refractivity contribution in [2.45, 2.75) is 6.54 Å². The summed E-state index contributed by atoms with van der Waals surface area (Å²) in [5.41, 5.74) is 1.71. The van der Waals surface area contributed by atoms with Gasteiger partial charge in [0.1, 0.15) is 0 Å². The molecule has 1 aromatic heterocycles. The number of fused-ring (bicyclic) bond motifs is 1. The molecule has 0 saturated heterocycles. The van der Waals surface area contributed by atoms with Crippen molar-refractivity contribution in [2.75, 3.05) is 20.6 Å². The molecule has 6 heteroatoms. The monoisotopic (exact) mass is 262 g/mol. The van der Waals surface area contributed by atoms with E-state index in [0.717, 1.165) is 11.0 Å². The van der Waals surface area contributed by atoms with Crippen LogP contribution in [-0.2, 0) is 13.6 Å². The number of carbonyl (C=O) groups is 1. The van der Waals surface area contributed by atoms with Crippen LogP contribution in [0.15, 0.2) is 29.1 Å². The van der Waals surface area contributed by atoms with Crippen molar-refractivity contribution in [1.29, 1.82) is 0 Å². The van der Waals surface area contributed by atoms with E-state index < -0.39 is 0 Å². The molecule has 0 spiro atoms. The topological polar surface area (TPSA) is 59.3 Å². The highest BCUT2D eigenvalue weighted by Gasteiger charge is 2.10. The molecule has 0 radical (unpaired) electrons. The molecule has 0 saturated carbocycles. The minimum Gasteiger partial charge on any atom is -0.336 e. The fraction of sp³-hybridized carbons (Fsp3) is 0.385. The van der Waals surface area contributed by atoms with E-state index in [0.29, 0.717) is 13.1 Å². The van der Waals surface area contributed by atoms with E-state index in [4.69, 9.17) is 0 Å². The minimum atomic E-state index is -0.159. The number of aryl methyl sites for hydroxylation is 1. The lowest BCUT2D eigenvalue weighted by Gasteiger charge is -2.12. The fourth-order valence-corrected chi connectivity index (χ4v) is 2.01. The van der Waals surface area contributed by atoms with Crippen molar-refractivity contribution in [3.8, 4) is 0 Å². The first-order chi connectivity index (χ1) is 9.02. The van der Waals surface area contributed by atoms with E-state index in [2.05, 4.69) is 5.32 Å². The van der Waals surface area contributed by atoms with Crippen LogP contribution in [0.1, 0.15) is 0 Å². The molecule has 102 valence electrons. The van der Waals surface area contributed by atoms with Crippen LogP contribution in [0, 0.1) is 0 Å². The number of para-hydroxylation sites is 2. The maximum atomic E-state index is 12.1. The van der Waals surface area contributed by atoms with Crippen molar-refractivity contribution in [3.05, 3.63) is 34.7 Å². The largest absolute Gasteiger partial charge is 0.336 e. The lowest BCUT2D eigenvalue weighted by molar-refractivity contribution is 0.217. The highest BCUT2D eigenvalue weighted by molar-refractivity contribution is 5.76. The van der Waals surface area contributed by atoms with E-state index in [1.165, 1.54) is 4.90 Å². The molecule has 1 heterocycles. The maximum Gasteiger partial charge on any atom is 0.328 e. The molecule has 0 unspecified atom stereocenters. The van der Waals surface area contributed by atoms with Crippen molar-refractivity contribution in [2.24, 2.45) is 7.05 Å². The summed E-state index contributed by atoms with van der Waals surface area (Å²) in [6.07, 6.45) is 0. The lowest BCUT2D eigenvalue weighted by Crippen LogP contribution is -2.37. The van der Waals surface area contributed by atoms with Gasteiger partial charge in [-0.2, -0.15) is 0 Å². The summed E-state index contributed by atoms with van der Waals surface area (Å²) >= 11 is 0. The minimum absolute atomic E-state index is 0.0692. The van der Waals surface area contributed by atoms with Crippen molar-refractivity contribution in [3.63, 3.8) is 0 Å². The summed E-state index contributed by atoms with van der Waals surface area (Å²) in [5, 5.41) is 2.75. The summed E-state index contributed by atoms with van der Waals surface area (Å²) in [6, 6.07) is 7.46. The smallest absolute Gasteiger partial charge is 0.328 e. The van der Waals surface area contributed by atoms with Crippen LogP contribution >= 0.6 is 0 Å². The molecular weight excluding hydrogens is 244 g/mol. The highest BCUT2D eigenvalue weighted by Crippen LogP contribution is 2.10. The quantitative estimate of drug-likeness (QED) is 0.881. The number of nitrogens with zero attached hydrogens (tertiary/aromatic N) is 3. The summed E-state index contributed by atoms with van der Waals surface area (Å²) in [6.45, 7) is 0.880. The summed E-state index contributed by atoms with van der Waals surface area (Å²) in [5.74, 6) is 0. The van der Waals surface area contributed by atoms with Gasteiger partial charge in [-0.15, -0.1) is 0 Å². The van der Waals surface area contributed by atoms with Crippen molar-refractivity contribution >= 4 is 17.1 Å². The van der Waals surface area contributed by atoms with Crippen molar-refractivity contribution < 1.29 is 4.79 Å². The Morgan fingerprint density at radius 2 is 1.89 bits per heavy atom. The molecule has 0 fully saturated rings.